The van der Waals surface area contributed by atoms with Crippen LogP contribution in [0, 0.1) is 13.8 Å². The summed E-state index contributed by atoms with van der Waals surface area (Å²) in [6.45, 7) is 4.08. The molecular formula is C10H11N3S. The molecule has 0 radical (unpaired) electrons. The molecule has 0 atom stereocenters. The molecule has 72 valence electrons. The first-order chi connectivity index (χ1) is 6.66. The molecule has 0 saturated heterocycles. The van der Waals surface area contributed by atoms with Gasteiger partial charge in [0.25, 0.3) is 0 Å². The molecule has 0 bridgehead atoms. The van der Waals surface area contributed by atoms with Gasteiger partial charge < -0.3 is 5.73 Å². The monoisotopic (exact) mass is 205 g/mol. The van der Waals surface area contributed by atoms with Gasteiger partial charge in [-0.15, -0.1) is 11.3 Å². The Kier molecular flexibility index (Phi) is 2.21. The molecule has 0 aromatic carbocycles. The Morgan fingerprint density at radius 1 is 1.29 bits per heavy atom. The molecule has 2 heterocycles. The van der Waals surface area contributed by atoms with Crippen LogP contribution >= 0.6 is 11.3 Å². The van der Waals surface area contributed by atoms with Gasteiger partial charge in [0.2, 0.25) is 0 Å². The van der Waals surface area contributed by atoms with E-state index in [1.807, 2.05) is 13.0 Å². The van der Waals surface area contributed by atoms with E-state index in [1.165, 1.54) is 4.88 Å². The number of aromatic nitrogens is 2. The van der Waals surface area contributed by atoms with Crippen LogP contribution in [0.25, 0.3) is 10.6 Å². The minimum absolute atomic E-state index is 0.541. The van der Waals surface area contributed by atoms with Crippen LogP contribution in [0.15, 0.2) is 18.3 Å². The van der Waals surface area contributed by atoms with E-state index in [4.69, 9.17) is 5.73 Å². The van der Waals surface area contributed by atoms with Crippen LogP contribution in [0.4, 0.5) is 5.82 Å². The van der Waals surface area contributed by atoms with Gasteiger partial charge in [0.05, 0.1) is 5.69 Å². The van der Waals surface area contributed by atoms with Crippen molar-refractivity contribution in [2.24, 2.45) is 0 Å². The summed E-state index contributed by atoms with van der Waals surface area (Å²) in [5.74, 6) is 0.541. The van der Waals surface area contributed by atoms with Gasteiger partial charge >= 0.3 is 0 Å². The zero-order chi connectivity index (χ0) is 10.1. The molecule has 0 aliphatic rings. The molecule has 0 fully saturated rings. The van der Waals surface area contributed by atoms with Gasteiger partial charge in [-0.3, -0.25) is 0 Å². The van der Waals surface area contributed by atoms with Crippen LogP contribution < -0.4 is 5.73 Å². The lowest BCUT2D eigenvalue weighted by molar-refractivity contribution is 1.22. The maximum atomic E-state index is 5.51. The van der Waals surface area contributed by atoms with Crippen molar-refractivity contribution >= 4 is 17.2 Å². The Labute approximate surface area is 86.6 Å². The fraction of sp³-hybridized carbons (Fsp3) is 0.200. The Morgan fingerprint density at radius 3 is 2.57 bits per heavy atom. The molecule has 2 rings (SSSR count). The minimum Gasteiger partial charge on any atom is -0.384 e. The first kappa shape index (κ1) is 9.15. The highest BCUT2D eigenvalue weighted by Crippen LogP contribution is 2.26. The van der Waals surface area contributed by atoms with Gasteiger partial charge in [-0.1, -0.05) is 0 Å². The summed E-state index contributed by atoms with van der Waals surface area (Å²) in [6, 6.07) is 3.74. The summed E-state index contributed by atoms with van der Waals surface area (Å²) in [5, 5.41) is 1.01. The third-order valence-corrected chi connectivity index (χ3v) is 3.18. The third kappa shape index (κ3) is 1.61. The van der Waals surface area contributed by atoms with Crippen molar-refractivity contribution in [1.29, 1.82) is 0 Å². The lowest BCUT2D eigenvalue weighted by atomic mass is 10.3. The van der Waals surface area contributed by atoms with Gasteiger partial charge in [0.1, 0.15) is 10.8 Å². The van der Waals surface area contributed by atoms with Crippen LogP contribution in [0.2, 0.25) is 0 Å². The number of hydrogen-bond acceptors (Lipinski definition) is 4. The Hall–Kier alpha value is -1.42. The van der Waals surface area contributed by atoms with Crippen LogP contribution in [0.1, 0.15) is 10.6 Å². The first-order valence-corrected chi connectivity index (χ1v) is 5.14. The molecule has 14 heavy (non-hydrogen) atoms. The molecule has 0 unspecified atom stereocenters. The number of pyridine rings is 1. The molecule has 0 aliphatic heterocycles. The van der Waals surface area contributed by atoms with Crippen molar-refractivity contribution in [1.82, 2.24) is 9.97 Å². The molecule has 2 aromatic rings. The number of hydrogen-bond donors (Lipinski definition) is 1. The summed E-state index contributed by atoms with van der Waals surface area (Å²) in [6.07, 6.45) is 1.76. The van der Waals surface area contributed by atoms with Gasteiger partial charge in [-0.2, -0.15) is 0 Å². The summed E-state index contributed by atoms with van der Waals surface area (Å²) in [7, 11) is 0. The second-order valence-electron chi connectivity index (χ2n) is 3.13. The van der Waals surface area contributed by atoms with E-state index in [0.717, 1.165) is 16.3 Å². The first-order valence-electron chi connectivity index (χ1n) is 4.33. The second kappa shape index (κ2) is 3.38. The van der Waals surface area contributed by atoms with Gasteiger partial charge in [-0.25, -0.2) is 9.97 Å². The third-order valence-electron chi connectivity index (χ3n) is 2.06. The topological polar surface area (TPSA) is 51.8 Å². The number of nitrogen functional groups attached to an aromatic ring is 1. The second-order valence-corrected chi connectivity index (χ2v) is 4.34. The van der Waals surface area contributed by atoms with E-state index in [-0.39, 0.29) is 0 Å². The maximum absolute atomic E-state index is 5.51. The van der Waals surface area contributed by atoms with Crippen molar-refractivity contribution in [2.45, 2.75) is 13.8 Å². The van der Waals surface area contributed by atoms with E-state index in [2.05, 4.69) is 16.9 Å². The summed E-state index contributed by atoms with van der Waals surface area (Å²) >= 11 is 1.68. The fourth-order valence-corrected chi connectivity index (χ4v) is 2.03. The number of nitrogens with zero attached hydrogens (tertiary/aromatic N) is 2. The molecule has 2 aromatic heterocycles. The van der Waals surface area contributed by atoms with Crippen LogP contribution in [0.5, 0.6) is 0 Å². The molecule has 0 aliphatic carbocycles. The predicted molar refractivity (Wildman–Crippen MR) is 59.2 cm³/mol. The lowest BCUT2D eigenvalue weighted by Gasteiger charge is -1.95. The van der Waals surface area contributed by atoms with E-state index < -0.39 is 0 Å². The number of aryl methyl sites for hydroxylation is 2. The molecular weight excluding hydrogens is 194 g/mol. The molecule has 0 saturated carbocycles. The Balaban J connectivity index is 2.44. The quantitative estimate of drug-likeness (QED) is 0.777. The molecule has 4 heteroatoms. The Bertz CT molecular complexity index is 425. The van der Waals surface area contributed by atoms with E-state index in [1.54, 1.807) is 23.6 Å². The molecule has 2 N–H and O–H groups in total. The van der Waals surface area contributed by atoms with Gasteiger partial charge in [0, 0.05) is 16.6 Å². The number of anilines is 1. The number of nitrogens with two attached hydrogens (primary N) is 1. The van der Waals surface area contributed by atoms with Crippen LogP contribution in [-0.4, -0.2) is 9.97 Å². The molecule has 0 spiro atoms. The zero-order valence-electron chi connectivity index (χ0n) is 8.11. The van der Waals surface area contributed by atoms with Crippen molar-refractivity contribution in [3.8, 4) is 10.6 Å². The van der Waals surface area contributed by atoms with E-state index >= 15 is 0 Å². The average Bonchev–Trinajstić information content (AvgIpc) is 2.48. The highest BCUT2D eigenvalue weighted by Gasteiger charge is 2.05. The standard InChI is InChI=1S/C10H11N3S/c1-6-7(2)14-10(13-6)8-3-4-9(11)12-5-8/h3-5H,1-2H3,(H2,11,12). The van der Waals surface area contributed by atoms with E-state index in [9.17, 15) is 0 Å². The number of thiazole rings is 1. The number of rotatable bonds is 1. The lowest BCUT2D eigenvalue weighted by Crippen LogP contribution is -1.88. The summed E-state index contributed by atoms with van der Waals surface area (Å²) in [5.41, 5.74) is 7.62. The smallest absolute Gasteiger partial charge is 0.125 e. The van der Waals surface area contributed by atoms with Gasteiger partial charge in [-0.05, 0) is 26.0 Å². The van der Waals surface area contributed by atoms with Crippen LogP contribution in [-0.2, 0) is 0 Å². The molecule has 3 nitrogen and oxygen atoms in total. The van der Waals surface area contributed by atoms with Crippen LogP contribution in [0.3, 0.4) is 0 Å². The highest BCUT2D eigenvalue weighted by molar-refractivity contribution is 7.15. The maximum Gasteiger partial charge on any atom is 0.125 e. The summed E-state index contributed by atoms with van der Waals surface area (Å²) in [4.78, 5) is 9.73. The average molecular weight is 205 g/mol. The van der Waals surface area contributed by atoms with E-state index in [0.29, 0.717) is 5.82 Å². The predicted octanol–water partition coefficient (Wildman–Crippen LogP) is 2.40. The summed E-state index contributed by atoms with van der Waals surface area (Å²) < 4.78 is 0. The highest BCUT2D eigenvalue weighted by atomic mass is 32.1. The van der Waals surface area contributed by atoms with Crippen molar-refractivity contribution in [2.75, 3.05) is 5.73 Å². The van der Waals surface area contributed by atoms with Crippen molar-refractivity contribution < 1.29 is 0 Å². The SMILES string of the molecule is Cc1nc(-c2ccc(N)nc2)sc1C. The minimum atomic E-state index is 0.541. The van der Waals surface area contributed by atoms with Crippen molar-refractivity contribution in [3.05, 3.63) is 28.9 Å². The Morgan fingerprint density at radius 2 is 2.07 bits per heavy atom. The zero-order valence-corrected chi connectivity index (χ0v) is 8.93. The molecule has 0 amide bonds. The fourth-order valence-electron chi connectivity index (χ4n) is 1.13. The largest absolute Gasteiger partial charge is 0.384 e. The van der Waals surface area contributed by atoms with Crippen molar-refractivity contribution in [3.63, 3.8) is 0 Å². The normalized spacial score (nSPS) is 10.4. The van der Waals surface area contributed by atoms with Gasteiger partial charge in [0.15, 0.2) is 0 Å².